The minimum atomic E-state index is -0.637. The fourth-order valence-corrected chi connectivity index (χ4v) is 2.51. The van der Waals surface area contributed by atoms with Gasteiger partial charge < -0.3 is 20.5 Å². The number of carbonyl (C=O) groups excluding carboxylic acids is 1. The molecule has 1 heterocycles. The molecule has 1 amide bonds. The summed E-state index contributed by atoms with van der Waals surface area (Å²) in [5, 5.41) is 10.1. The van der Waals surface area contributed by atoms with Gasteiger partial charge in [0, 0.05) is 0 Å². The SMILES string of the molecule is Nc1ccccc1OCC(=O)N1CC(O)(C2CC2)C1. The third-order valence-corrected chi connectivity index (χ3v) is 3.89. The highest BCUT2D eigenvalue weighted by molar-refractivity contribution is 5.79. The molecule has 0 bridgehead atoms. The number of anilines is 1. The van der Waals surface area contributed by atoms with Crippen molar-refractivity contribution in [2.24, 2.45) is 5.92 Å². The first-order chi connectivity index (χ1) is 9.08. The van der Waals surface area contributed by atoms with E-state index >= 15 is 0 Å². The Morgan fingerprint density at radius 2 is 2.11 bits per heavy atom. The van der Waals surface area contributed by atoms with Crippen molar-refractivity contribution in [1.29, 1.82) is 0 Å². The van der Waals surface area contributed by atoms with Gasteiger partial charge in [-0.3, -0.25) is 4.79 Å². The molecule has 3 N–H and O–H groups in total. The summed E-state index contributed by atoms with van der Waals surface area (Å²) < 4.78 is 5.40. The van der Waals surface area contributed by atoms with Gasteiger partial charge in [-0.2, -0.15) is 0 Å². The highest BCUT2D eigenvalue weighted by atomic mass is 16.5. The largest absolute Gasteiger partial charge is 0.482 e. The maximum Gasteiger partial charge on any atom is 0.260 e. The van der Waals surface area contributed by atoms with Crippen LogP contribution < -0.4 is 10.5 Å². The van der Waals surface area contributed by atoms with E-state index < -0.39 is 5.60 Å². The summed E-state index contributed by atoms with van der Waals surface area (Å²) in [6, 6.07) is 7.09. The molecule has 0 unspecified atom stereocenters. The second-order valence-corrected chi connectivity index (χ2v) is 5.45. The Balaban J connectivity index is 1.49. The summed E-state index contributed by atoms with van der Waals surface area (Å²) in [5.74, 6) is 0.810. The molecule has 2 aliphatic rings. The van der Waals surface area contributed by atoms with Gasteiger partial charge in [-0.05, 0) is 30.9 Å². The standard InChI is InChI=1S/C14H18N2O3/c15-11-3-1-2-4-12(11)19-7-13(17)16-8-14(18,9-16)10-5-6-10/h1-4,10,18H,5-9,15H2. The molecule has 0 spiro atoms. The van der Waals surface area contributed by atoms with E-state index in [-0.39, 0.29) is 12.5 Å². The number of rotatable bonds is 4. The van der Waals surface area contributed by atoms with Crippen LogP contribution in [0.15, 0.2) is 24.3 Å². The first-order valence-corrected chi connectivity index (χ1v) is 6.56. The number of likely N-dealkylation sites (tertiary alicyclic amines) is 1. The molecule has 1 aromatic carbocycles. The maximum atomic E-state index is 11.9. The van der Waals surface area contributed by atoms with E-state index in [9.17, 15) is 9.90 Å². The normalized spacial score (nSPS) is 20.8. The van der Waals surface area contributed by atoms with Crippen LogP contribution in [0.4, 0.5) is 5.69 Å². The average Bonchev–Trinajstić information content (AvgIpc) is 3.18. The lowest BCUT2D eigenvalue weighted by Gasteiger charge is -2.46. The monoisotopic (exact) mass is 262 g/mol. The molecule has 1 aliphatic carbocycles. The number of benzene rings is 1. The molecule has 0 aromatic heterocycles. The molecular formula is C14H18N2O3. The number of ether oxygens (including phenoxy) is 1. The topological polar surface area (TPSA) is 75.8 Å². The summed E-state index contributed by atoms with van der Waals surface area (Å²) >= 11 is 0. The number of nitrogens with zero attached hydrogens (tertiary/aromatic N) is 1. The molecule has 0 radical (unpaired) electrons. The summed E-state index contributed by atoms with van der Waals surface area (Å²) in [6.07, 6.45) is 2.16. The van der Waals surface area contributed by atoms with Gasteiger partial charge in [0.1, 0.15) is 11.4 Å². The Morgan fingerprint density at radius 3 is 2.74 bits per heavy atom. The van der Waals surface area contributed by atoms with Gasteiger partial charge in [-0.25, -0.2) is 0 Å². The summed E-state index contributed by atoms with van der Waals surface area (Å²) in [6.45, 7) is 0.837. The molecule has 1 aliphatic heterocycles. The Kier molecular flexibility index (Phi) is 2.86. The van der Waals surface area contributed by atoms with E-state index in [0.717, 1.165) is 12.8 Å². The zero-order chi connectivity index (χ0) is 13.5. The molecule has 102 valence electrons. The highest BCUT2D eigenvalue weighted by Gasteiger charge is 2.53. The van der Waals surface area contributed by atoms with Gasteiger partial charge in [0.2, 0.25) is 0 Å². The number of aliphatic hydroxyl groups is 1. The number of β-amino-alcohol motifs (C(OH)–C–C–N with tert-alkyl or cyclic N) is 1. The van der Waals surface area contributed by atoms with Gasteiger partial charge in [0.05, 0.1) is 18.8 Å². The molecule has 5 heteroatoms. The van der Waals surface area contributed by atoms with Crippen molar-refractivity contribution in [2.45, 2.75) is 18.4 Å². The van der Waals surface area contributed by atoms with Gasteiger partial charge in [0.15, 0.2) is 6.61 Å². The second-order valence-electron chi connectivity index (χ2n) is 5.45. The Labute approximate surface area is 112 Å². The number of nitrogen functional groups attached to an aromatic ring is 1. The van der Waals surface area contributed by atoms with Crippen molar-refractivity contribution in [3.8, 4) is 5.75 Å². The van der Waals surface area contributed by atoms with E-state index in [1.165, 1.54) is 0 Å². The lowest BCUT2D eigenvalue weighted by Crippen LogP contribution is -2.65. The number of hydrogen-bond donors (Lipinski definition) is 2. The number of hydrogen-bond acceptors (Lipinski definition) is 4. The van der Waals surface area contributed by atoms with Crippen molar-refractivity contribution in [1.82, 2.24) is 4.90 Å². The van der Waals surface area contributed by atoms with Crippen LogP contribution in [0.1, 0.15) is 12.8 Å². The van der Waals surface area contributed by atoms with Gasteiger partial charge in [-0.15, -0.1) is 0 Å². The minimum absolute atomic E-state index is 0.0328. The summed E-state index contributed by atoms with van der Waals surface area (Å²) in [7, 11) is 0. The van der Waals surface area contributed by atoms with Crippen molar-refractivity contribution < 1.29 is 14.6 Å². The second kappa shape index (κ2) is 4.42. The van der Waals surface area contributed by atoms with Crippen LogP contribution >= 0.6 is 0 Å². The fraction of sp³-hybridized carbons (Fsp3) is 0.500. The van der Waals surface area contributed by atoms with Crippen molar-refractivity contribution in [3.05, 3.63) is 24.3 Å². The van der Waals surface area contributed by atoms with E-state index in [4.69, 9.17) is 10.5 Å². The molecule has 1 aromatic rings. The van der Waals surface area contributed by atoms with Gasteiger partial charge in [0.25, 0.3) is 5.91 Å². The molecule has 5 nitrogen and oxygen atoms in total. The number of amides is 1. The molecule has 3 rings (SSSR count). The van der Waals surface area contributed by atoms with Crippen LogP contribution in [0.25, 0.3) is 0 Å². The number of para-hydroxylation sites is 2. The van der Waals surface area contributed by atoms with E-state index in [0.29, 0.717) is 30.4 Å². The number of carbonyl (C=O) groups is 1. The summed E-state index contributed by atoms with van der Waals surface area (Å²) in [4.78, 5) is 13.5. The smallest absolute Gasteiger partial charge is 0.260 e. The van der Waals surface area contributed by atoms with Crippen molar-refractivity contribution in [3.63, 3.8) is 0 Å². The van der Waals surface area contributed by atoms with Crippen LogP contribution in [-0.4, -0.2) is 41.2 Å². The first-order valence-electron chi connectivity index (χ1n) is 6.56. The Morgan fingerprint density at radius 1 is 1.42 bits per heavy atom. The molecular weight excluding hydrogens is 244 g/mol. The van der Waals surface area contributed by atoms with E-state index in [1.807, 2.05) is 12.1 Å². The average molecular weight is 262 g/mol. The maximum absolute atomic E-state index is 11.9. The van der Waals surface area contributed by atoms with Crippen LogP contribution in [0.3, 0.4) is 0 Å². The van der Waals surface area contributed by atoms with E-state index in [1.54, 1.807) is 17.0 Å². The van der Waals surface area contributed by atoms with Gasteiger partial charge in [-0.1, -0.05) is 12.1 Å². The van der Waals surface area contributed by atoms with Crippen molar-refractivity contribution >= 4 is 11.6 Å². The highest BCUT2D eigenvalue weighted by Crippen LogP contribution is 2.44. The fourth-order valence-electron chi connectivity index (χ4n) is 2.51. The van der Waals surface area contributed by atoms with Crippen LogP contribution in [-0.2, 0) is 4.79 Å². The Bertz CT molecular complexity index is 493. The predicted molar refractivity (Wildman–Crippen MR) is 70.6 cm³/mol. The minimum Gasteiger partial charge on any atom is -0.482 e. The number of nitrogens with two attached hydrogens (primary N) is 1. The molecule has 19 heavy (non-hydrogen) atoms. The van der Waals surface area contributed by atoms with Crippen LogP contribution in [0.5, 0.6) is 5.75 Å². The Hall–Kier alpha value is -1.75. The first kappa shape index (κ1) is 12.3. The molecule has 1 saturated carbocycles. The van der Waals surface area contributed by atoms with E-state index in [2.05, 4.69) is 0 Å². The van der Waals surface area contributed by atoms with Gasteiger partial charge >= 0.3 is 0 Å². The third-order valence-electron chi connectivity index (χ3n) is 3.89. The lowest BCUT2D eigenvalue weighted by molar-refractivity contribution is -0.161. The lowest BCUT2D eigenvalue weighted by atomic mass is 9.89. The summed E-state index contributed by atoms with van der Waals surface area (Å²) in [5.41, 5.74) is 5.61. The third kappa shape index (κ3) is 2.38. The zero-order valence-electron chi connectivity index (χ0n) is 10.7. The molecule has 2 fully saturated rings. The molecule has 0 atom stereocenters. The zero-order valence-corrected chi connectivity index (χ0v) is 10.7. The molecule has 1 saturated heterocycles. The van der Waals surface area contributed by atoms with Crippen LogP contribution in [0, 0.1) is 5.92 Å². The van der Waals surface area contributed by atoms with Crippen LogP contribution in [0.2, 0.25) is 0 Å². The predicted octanol–water partition coefficient (Wildman–Crippen LogP) is 0.631. The quantitative estimate of drug-likeness (QED) is 0.780. The van der Waals surface area contributed by atoms with Crippen molar-refractivity contribution in [2.75, 3.05) is 25.4 Å².